The third-order valence-corrected chi connectivity index (χ3v) is 5.45. The molecule has 2 fully saturated rings. The van der Waals surface area contributed by atoms with Gasteiger partial charge in [-0.25, -0.2) is 4.79 Å². The van der Waals surface area contributed by atoms with Gasteiger partial charge in [-0.2, -0.15) is 0 Å². The first-order valence-corrected chi connectivity index (χ1v) is 7.70. The molecule has 1 aromatic rings. The van der Waals surface area contributed by atoms with E-state index < -0.39 is 0 Å². The van der Waals surface area contributed by atoms with Crippen LogP contribution in [-0.2, 0) is 4.84 Å². The van der Waals surface area contributed by atoms with Crippen molar-refractivity contribution in [1.29, 1.82) is 0 Å². The van der Waals surface area contributed by atoms with Crippen molar-refractivity contribution in [3.05, 3.63) is 35.4 Å². The van der Waals surface area contributed by atoms with Crippen molar-refractivity contribution in [3.8, 4) is 0 Å². The Bertz CT molecular complexity index is 593. The molecule has 2 atom stereocenters. The molecule has 3 nitrogen and oxygen atoms in total. The molecule has 1 aromatic carbocycles. The number of rotatable bonds is 2. The smallest absolute Gasteiger partial charge is 0.313 e. The maximum Gasteiger partial charge on any atom is 0.365 e. The Labute approximate surface area is 126 Å². The van der Waals surface area contributed by atoms with Crippen LogP contribution >= 0.6 is 0 Å². The minimum Gasteiger partial charge on any atom is -0.313 e. The predicted molar refractivity (Wildman–Crippen MR) is 83.3 cm³/mol. The summed E-state index contributed by atoms with van der Waals surface area (Å²) >= 11 is 0. The molecule has 2 aliphatic carbocycles. The summed E-state index contributed by atoms with van der Waals surface area (Å²) in [6.45, 7) is 8.69. The zero-order valence-electron chi connectivity index (χ0n) is 13.3. The Morgan fingerprint density at radius 2 is 1.90 bits per heavy atom. The highest BCUT2D eigenvalue weighted by molar-refractivity contribution is 5.98. The third-order valence-electron chi connectivity index (χ3n) is 5.45. The first-order chi connectivity index (χ1) is 9.83. The van der Waals surface area contributed by atoms with Crippen LogP contribution in [-0.4, -0.2) is 11.7 Å². The highest BCUT2D eigenvalue weighted by Gasteiger charge is 2.57. The second-order valence-electron chi connectivity index (χ2n) is 7.41. The zero-order chi connectivity index (χ0) is 15.3. The van der Waals surface area contributed by atoms with Gasteiger partial charge in [0, 0.05) is 10.8 Å². The lowest BCUT2D eigenvalue weighted by Gasteiger charge is -2.34. The molecule has 112 valence electrons. The summed E-state index contributed by atoms with van der Waals surface area (Å²) in [5.74, 6) is 0.295. The fourth-order valence-electron chi connectivity index (χ4n) is 4.10. The monoisotopic (exact) mass is 285 g/mol. The summed E-state index contributed by atoms with van der Waals surface area (Å²) in [7, 11) is 0. The summed E-state index contributed by atoms with van der Waals surface area (Å²) in [6, 6.07) is 7.38. The quantitative estimate of drug-likeness (QED) is 0.598. The van der Waals surface area contributed by atoms with Crippen LogP contribution in [0.1, 0.15) is 56.0 Å². The van der Waals surface area contributed by atoms with E-state index in [1.807, 2.05) is 19.1 Å². The molecule has 0 amide bonds. The van der Waals surface area contributed by atoms with E-state index in [0.717, 1.165) is 17.7 Å². The van der Waals surface area contributed by atoms with Gasteiger partial charge in [0.1, 0.15) is 0 Å². The summed E-state index contributed by atoms with van der Waals surface area (Å²) < 4.78 is 0. The van der Waals surface area contributed by atoms with E-state index in [1.165, 1.54) is 12.8 Å². The molecule has 0 aromatic heterocycles. The lowest BCUT2D eigenvalue weighted by atomic mass is 9.71. The van der Waals surface area contributed by atoms with Crippen molar-refractivity contribution in [3.63, 3.8) is 0 Å². The molecule has 0 aliphatic heterocycles. The number of carbonyl (C=O) groups is 1. The van der Waals surface area contributed by atoms with E-state index in [4.69, 9.17) is 4.84 Å². The molecule has 2 saturated carbocycles. The Hall–Kier alpha value is -1.64. The highest BCUT2D eigenvalue weighted by Crippen LogP contribution is 2.60. The van der Waals surface area contributed by atoms with Crippen molar-refractivity contribution >= 4 is 11.7 Å². The fourth-order valence-corrected chi connectivity index (χ4v) is 4.10. The average Bonchev–Trinajstić information content (AvgIpc) is 2.90. The van der Waals surface area contributed by atoms with E-state index in [0.29, 0.717) is 11.5 Å². The Morgan fingerprint density at radius 1 is 1.24 bits per heavy atom. The van der Waals surface area contributed by atoms with Crippen molar-refractivity contribution in [2.75, 3.05) is 0 Å². The van der Waals surface area contributed by atoms with Gasteiger partial charge in [-0.1, -0.05) is 43.6 Å². The van der Waals surface area contributed by atoms with Crippen molar-refractivity contribution < 1.29 is 9.63 Å². The average molecular weight is 285 g/mol. The van der Waals surface area contributed by atoms with Crippen LogP contribution in [0.25, 0.3) is 0 Å². The van der Waals surface area contributed by atoms with Crippen LogP contribution in [0.4, 0.5) is 0 Å². The van der Waals surface area contributed by atoms with Crippen LogP contribution in [0, 0.1) is 23.7 Å². The largest absolute Gasteiger partial charge is 0.365 e. The molecule has 3 heteroatoms. The highest BCUT2D eigenvalue weighted by atomic mass is 16.7. The van der Waals surface area contributed by atoms with E-state index in [9.17, 15) is 4.79 Å². The number of hydrogen-bond acceptors (Lipinski definition) is 3. The van der Waals surface area contributed by atoms with E-state index in [1.54, 1.807) is 12.1 Å². The Kier molecular flexibility index (Phi) is 3.19. The summed E-state index contributed by atoms with van der Waals surface area (Å²) in [6.07, 6.45) is 3.58. The van der Waals surface area contributed by atoms with Crippen LogP contribution in [0.15, 0.2) is 29.4 Å². The summed E-state index contributed by atoms with van der Waals surface area (Å²) in [5.41, 5.74) is 2.89. The van der Waals surface area contributed by atoms with Gasteiger partial charge in [-0.05, 0) is 44.2 Å². The number of oxime groups is 1. The van der Waals surface area contributed by atoms with Gasteiger partial charge in [-0.3, -0.25) is 0 Å². The molecule has 0 unspecified atom stereocenters. The standard InChI is InChI=1S/C18H23NO2/c1-12-5-7-13(8-6-12)15(20)21-19-16-17(2,3)14-9-10-18(16,4)11-14/h5-8,14H,9-11H2,1-4H3/b19-16-/t14-,18+/m1/s1. The Morgan fingerprint density at radius 3 is 2.48 bits per heavy atom. The SMILES string of the molecule is Cc1ccc(C(=O)O/N=C2/C(C)(C)[C@@H]3CC[C@@]2(C)C3)cc1. The third kappa shape index (κ3) is 2.29. The number of aryl methyl sites for hydroxylation is 1. The number of nitrogens with zero attached hydrogens (tertiary/aromatic N) is 1. The number of benzene rings is 1. The zero-order valence-corrected chi connectivity index (χ0v) is 13.3. The van der Waals surface area contributed by atoms with Crippen LogP contribution in [0.2, 0.25) is 0 Å². The molecule has 2 aliphatic rings. The van der Waals surface area contributed by atoms with Crippen LogP contribution < -0.4 is 0 Å². The lowest BCUT2D eigenvalue weighted by molar-refractivity contribution is 0.0506. The molecule has 2 bridgehead atoms. The second kappa shape index (κ2) is 4.69. The van der Waals surface area contributed by atoms with Gasteiger partial charge in [0.2, 0.25) is 0 Å². The normalized spacial score (nSPS) is 31.6. The molecular weight excluding hydrogens is 262 g/mol. The molecular formula is C18H23NO2. The molecule has 0 N–H and O–H groups in total. The first-order valence-electron chi connectivity index (χ1n) is 7.70. The summed E-state index contributed by atoms with van der Waals surface area (Å²) in [5, 5.41) is 4.30. The minimum absolute atomic E-state index is 0.0422. The lowest BCUT2D eigenvalue weighted by Crippen LogP contribution is -2.36. The van der Waals surface area contributed by atoms with Gasteiger partial charge in [-0.15, -0.1) is 0 Å². The molecule has 21 heavy (non-hydrogen) atoms. The van der Waals surface area contributed by atoms with E-state index in [2.05, 4.69) is 25.9 Å². The van der Waals surface area contributed by atoms with Crippen LogP contribution in [0.5, 0.6) is 0 Å². The Balaban J connectivity index is 1.80. The van der Waals surface area contributed by atoms with E-state index >= 15 is 0 Å². The molecule has 0 saturated heterocycles. The van der Waals surface area contributed by atoms with Gasteiger partial charge in [0.15, 0.2) is 0 Å². The van der Waals surface area contributed by atoms with E-state index in [-0.39, 0.29) is 16.8 Å². The number of fused-ring (bicyclic) bond motifs is 2. The van der Waals surface area contributed by atoms with Crippen molar-refractivity contribution in [2.45, 2.75) is 47.0 Å². The molecule has 3 rings (SSSR count). The molecule has 0 heterocycles. The maximum atomic E-state index is 12.1. The number of carbonyl (C=O) groups excluding carboxylic acids is 1. The first kappa shape index (κ1) is 14.3. The number of hydrogen-bond donors (Lipinski definition) is 0. The van der Waals surface area contributed by atoms with Gasteiger partial charge < -0.3 is 4.84 Å². The van der Waals surface area contributed by atoms with Gasteiger partial charge in [0.25, 0.3) is 0 Å². The minimum atomic E-state index is -0.371. The summed E-state index contributed by atoms with van der Waals surface area (Å²) in [4.78, 5) is 17.4. The van der Waals surface area contributed by atoms with Crippen LogP contribution in [0.3, 0.4) is 0 Å². The van der Waals surface area contributed by atoms with Gasteiger partial charge in [0.05, 0.1) is 11.3 Å². The molecule has 0 radical (unpaired) electrons. The second-order valence-corrected chi connectivity index (χ2v) is 7.41. The maximum absolute atomic E-state index is 12.1. The van der Waals surface area contributed by atoms with Crippen molar-refractivity contribution in [2.24, 2.45) is 21.9 Å². The predicted octanol–water partition coefficient (Wildman–Crippen LogP) is 4.35. The fraction of sp³-hybridized carbons (Fsp3) is 0.556. The van der Waals surface area contributed by atoms with Gasteiger partial charge >= 0.3 is 5.97 Å². The van der Waals surface area contributed by atoms with Crippen molar-refractivity contribution in [1.82, 2.24) is 0 Å². The molecule has 0 spiro atoms. The topological polar surface area (TPSA) is 38.7 Å².